The number of aromatic nitrogens is 2. The molecule has 26 heavy (non-hydrogen) atoms. The molecule has 0 bridgehead atoms. The fraction of sp³-hybridized carbons (Fsp3) is 0.294. The van der Waals surface area contributed by atoms with Crippen molar-refractivity contribution in [3.63, 3.8) is 0 Å². The van der Waals surface area contributed by atoms with Crippen LogP contribution in [0.4, 0.5) is 13.2 Å². The lowest BCUT2D eigenvalue weighted by Gasteiger charge is -2.28. The van der Waals surface area contributed by atoms with E-state index in [9.17, 15) is 23.1 Å². The predicted octanol–water partition coefficient (Wildman–Crippen LogP) is 3.03. The van der Waals surface area contributed by atoms with Gasteiger partial charge in [-0.05, 0) is 25.1 Å². The Labute approximate surface area is 146 Å². The number of nitrogens with zero attached hydrogens (tertiary/aromatic N) is 1. The summed E-state index contributed by atoms with van der Waals surface area (Å²) in [5.41, 5.74) is -2.48. The number of para-hydroxylation sites is 1. The zero-order chi connectivity index (χ0) is 18.9. The molecule has 6 nitrogen and oxygen atoms in total. The quantitative estimate of drug-likeness (QED) is 0.646. The van der Waals surface area contributed by atoms with Crippen molar-refractivity contribution in [2.45, 2.75) is 25.1 Å². The van der Waals surface area contributed by atoms with Gasteiger partial charge < -0.3 is 14.8 Å². The molecule has 0 aliphatic heterocycles. The third kappa shape index (κ3) is 3.17. The molecule has 0 spiro atoms. The van der Waals surface area contributed by atoms with E-state index in [1.807, 2.05) is 0 Å². The number of amides is 1. The van der Waals surface area contributed by atoms with Gasteiger partial charge in [0.1, 0.15) is 11.5 Å². The first-order valence-corrected chi connectivity index (χ1v) is 7.80. The minimum absolute atomic E-state index is 0.0741. The van der Waals surface area contributed by atoms with Crippen LogP contribution in [0.3, 0.4) is 0 Å². The van der Waals surface area contributed by atoms with E-state index in [-0.39, 0.29) is 11.5 Å². The number of aryl methyl sites for hydroxylation is 1. The van der Waals surface area contributed by atoms with E-state index in [0.29, 0.717) is 10.9 Å². The minimum atomic E-state index is -4.96. The molecular formula is C17H16F3N3O3. The van der Waals surface area contributed by atoms with Crippen LogP contribution in [0.1, 0.15) is 28.4 Å². The molecule has 3 aromatic rings. The number of carbonyl (C=O) groups excluding carboxylic acids is 1. The zero-order valence-corrected chi connectivity index (χ0v) is 13.7. The normalized spacial score (nSPS) is 14.3. The van der Waals surface area contributed by atoms with Gasteiger partial charge in [-0.25, -0.2) is 0 Å². The number of rotatable bonds is 5. The number of alkyl halides is 3. The summed E-state index contributed by atoms with van der Waals surface area (Å²) in [7, 11) is 0. The summed E-state index contributed by atoms with van der Waals surface area (Å²) >= 11 is 0. The average molecular weight is 367 g/mol. The van der Waals surface area contributed by atoms with Crippen molar-refractivity contribution in [2.24, 2.45) is 0 Å². The van der Waals surface area contributed by atoms with Gasteiger partial charge >= 0.3 is 6.18 Å². The Morgan fingerprint density at radius 1 is 1.27 bits per heavy atom. The monoisotopic (exact) mass is 367 g/mol. The Morgan fingerprint density at radius 3 is 2.65 bits per heavy atom. The van der Waals surface area contributed by atoms with E-state index in [1.54, 1.807) is 24.3 Å². The molecule has 1 aromatic carbocycles. The summed E-state index contributed by atoms with van der Waals surface area (Å²) in [5, 5.41) is 19.6. The number of fused-ring (bicyclic) bond motifs is 1. The fourth-order valence-electron chi connectivity index (χ4n) is 2.64. The SMILES string of the molecule is Cc1ccc(C(O)(CCNC(=O)c2n[nH]c3ccccc23)C(F)(F)F)o1. The van der Waals surface area contributed by atoms with Gasteiger partial charge in [-0.2, -0.15) is 18.3 Å². The van der Waals surface area contributed by atoms with Crippen molar-refractivity contribution in [1.82, 2.24) is 15.5 Å². The van der Waals surface area contributed by atoms with E-state index in [1.165, 1.54) is 13.0 Å². The Bertz CT molecular complexity index is 932. The highest BCUT2D eigenvalue weighted by atomic mass is 19.4. The molecule has 0 saturated carbocycles. The lowest BCUT2D eigenvalue weighted by Crippen LogP contribution is -2.44. The van der Waals surface area contributed by atoms with Gasteiger partial charge in [-0.1, -0.05) is 18.2 Å². The van der Waals surface area contributed by atoms with Gasteiger partial charge in [-0.15, -0.1) is 0 Å². The van der Waals surface area contributed by atoms with E-state index in [0.717, 1.165) is 6.07 Å². The summed E-state index contributed by atoms with van der Waals surface area (Å²) < 4.78 is 45.1. The van der Waals surface area contributed by atoms with Crippen LogP contribution in [-0.4, -0.2) is 33.9 Å². The second-order valence-electron chi connectivity index (χ2n) is 5.89. The summed E-state index contributed by atoms with van der Waals surface area (Å²) in [6.45, 7) is 1.06. The number of aromatic amines is 1. The van der Waals surface area contributed by atoms with E-state index < -0.39 is 36.4 Å². The molecule has 3 rings (SSSR count). The molecule has 1 unspecified atom stereocenters. The molecular weight excluding hydrogens is 351 g/mol. The molecule has 1 amide bonds. The fourth-order valence-corrected chi connectivity index (χ4v) is 2.64. The summed E-state index contributed by atoms with van der Waals surface area (Å²) in [6, 6.07) is 9.28. The largest absolute Gasteiger partial charge is 0.463 e. The molecule has 0 aliphatic rings. The first-order valence-electron chi connectivity index (χ1n) is 7.80. The van der Waals surface area contributed by atoms with Crippen LogP contribution in [0.5, 0.6) is 0 Å². The molecule has 9 heteroatoms. The number of halogens is 3. The molecule has 0 saturated heterocycles. The molecule has 3 N–H and O–H groups in total. The van der Waals surface area contributed by atoms with Gasteiger partial charge in [-0.3, -0.25) is 9.89 Å². The lowest BCUT2D eigenvalue weighted by molar-refractivity contribution is -0.274. The highest BCUT2D eigenvalue weighted by Crippen LogP contribution is 2.42. The molecule has 1 atom stereocenters. The summed E-state index contributed by atoms with van der Waals surface area (Å²) in [6.07, 6.45) is -5.75. The molecule has 138 valence electrons. The van der Waals surface area contributed by atoms with E-state index in [2.05, 4.69) is 15.5 Å². The van der Waals surface area contributed by atoms with Crippen molar-refractivity contribution in [3.05, 3.63) is 53.6 Å². The van der Waals surface area contributed by atoms with E-state index >= 15 is 0 Å². The highest BCUT2D eigenvalue weighted by molar-refractivity contribution is 6.04. The molecule has 0 fully saturated rings. The second kappa shape index (κ2) is 6.49. The topological polar surface area (TPSA) is 91.1 Å². The maximum Gasteiger partial charge on any atom is 0.424 e. The second-order valence-corrected chi connectivity index (χ2v) is 5.89. The van der Waals surface area contributed by atoms with Gasteiger partial charge in [0.05, 0.1) is 5.52 Å². The Kier molecular flexibility index (Phi) is 4.49. The maximum atomic E-state index is 13.4. The Morgan fingerprint density at radius 2 is 2.00 bits per heavy atom. The van der Waals surface area contributed by atoms with Gasteiger partial charge in [0.15, 0.2) is 5.69 Å². The molecule has 2 aromatic heterocycles. The minimum Gasteiger partial charge on any atom is -0.463 e. The van der Waals surface area contributed by atoms with Crippen LogP contribution in [0.25, 0.3) is 10.9 Å². The average Bonchev–Trinajstić information content (AvgIpc) is 3.20. The van der Waals surface area contributed by atoms with Crippen LogP contribution >= 0.6 is 0 Å². The summed E-state index contributed by atoms with van der Waals surface area (Å²) in [5.74, 6) is -1.00. The third-order valence-corrected chi connectivity index (χ3v) is 4.07. The third-order valence-electron chi connectivity index (χ3n) is 4.07. The zero-order valence-electron chi connectivity index (χ0n) is 13.7. The number of aliphatic hydroxyl groups is 1. The predicted molar refractivity (Wildman–Crippen MR) is 86.4 cm³/mol. The number of carbonyl (C=O) groups is 1. The number of benzene rings is 1. The van der Waals surface area contributed by atoms with Crippen LogP contribution in [0.15, 0.2) is 40.8 Å². The maximum absolute atomic E-state index is 13.4. The van der Waals surface area contributed by atoms with Crippen molar-refractivity contribution in [2.75, 3.05) is 6.54 Å². The number of hydrogen-bond donors (Lipinski definition) is 3. The van der Waals surface area contributed by atoms with Gasteiger partial charge in [0.2, 0.25) is 5.60 Å². The number of nitrogens with one attached hydrogen (secondary N) is 2. The smallest absolute Gasteiger partial charge is 0.424 e. The lowest BCUT2D eigenvalue weighted by atomic mass is 9.95. The van der Waals surface area contributed by atoms with Crippen molar-refractivity contribution < 1.29 is 27.5 Å². The number of hydrogen-bond acceptors (Lipinski definition) is 4. The van der Waals surface area contributed by atoms with Crippen molar-refractivity contribution >= 4 is 16.8 Å². The van der Waals surface area contributed by atoms with Crippen LogP contribution in [0, 0.1) is 6.92 Å². The highest BCUT2D eigenvalue weighted by Gasteiger charge is 2.56. The molecule has 0 radical (unpaired) electrons. The Balaban J connectivity index is 1.73. The molecule has 0 aliphatic carbocycles. The van der Waals surface area contributed by atoms with Crippen LogP contribution in [0.2, 0.25) is 0 Å². The number of furan rings is 1. The first-order chi connectivity index (χ1) is 12.2. The summed E-state index contributed by atoms with van der Waals surface area (Å²) in [4.78, 5) is 12.2. The molecule has 2 heterocycles. The van der Waals surface area contributed by atoms with Crippen LogP contribution in [-0.2, 0) is 5.60 Å². The standard InChI is InChI=1S/C17H16F3N3O3/c1-10-6-7-13(26-10)16(25,17(18,19)20)8-9-21-15(24)14-11-4-2-3-5-12(11)22-23-14/h2-7,25H,8-9H2,1H3,(H,21,24)(H,22,23). The van der Waals surface area contributed by atoms with E-state index in [4.69, 9.17) is 4.42 Å². The first kappa shape index (κ1) is 18.0. The van der Waals surface area contributed by atoms with Gasteiger partial charge in [0, 0.05) is 18.4 Å². The van der Waals surface area contributed by atoms with Gasteiger partial charge in [0.25, 0.3) is 5.91 Å². The van der Waals surface area contributed by atoms with Crippen LogP contribution < -0.4 is 5.32 Å². The Hall–Kier alpha value is -2.81. The van der Waals surface area contributed by atoms with Crippen molar-refractivity contribution in [1.29, 1.82) is 0 Å². The van der Waals surface area contributed by atoms with Crippen molar-refractivity contribution in [3.8, 4) is 0 Å². The number of H-pyrrole nitrogens is 1.